The number of likely N-dealkylation sites (tertiary alicyclic amines) is 1. The number of nitrogens with zero attached hydrogens (tertiary/aromatic N) is 2. The molecule has 21 heavy (non-hydrogen) atoms. The molecule has 1 atom stereocenters. The Morgan fingerprint density at radius 1 is 1.14 bits per heavy atom. The third-order valence-corrected chi connectivity index (χ3v) is 4.41. The first-order valence-corrected chi connectivity index (χ1v) is 7.85. The molecule has 2 aliphatic heterocycles. The van der Waals surface area contributed by atoms with E-state index in [-0.39, 0.29) is 5.82 Å². The van der Waals surface area contributed by atoms with E-state index in [4.69, 9.17) is 4.74 Å². The number of anilines is 1. The molecule has 5 heteroatoms. The van der Waals surface area contributed by atoms with Gasteiger partial charge in [0.05, 0.1) is 13.2 Å². The Morgan fingerprint density at radius 3 is 2.67 bits per heavy atom. The predicted octanol–water partition coefficient (Wildman–Crippen LogP) is 1.64. The molecule has 0 radical (unpaired) electrons. The van der Waals surface area contributed by atoms with Crippen molar-refractivity contribution in [1.82, 2.24) is 9.80 Å². The molecule has 0 amide bonds. The zero-order valence-electron chi connectivity index (χ0n) is 12.4. The van der Waals surface area contributed by atoms with Crippen molar-refractivity contribution >= 4 is 5.69 Å². The van der Waals surface area contributed by atoms with Crippen molar-refractivity contribution in [2.24, 2.45) is 0 Å². The van der Waals surface area contributed by atoms with E-state index in [1.807, 2.05) is 0 Å². The van der Waals surface area contributed by atoms with E-state index in [1.165, 1.54) is 25.1 Å². The molecule has 0 aromatic heterocycles. The van der Waals surface area contributed by atoms with Crippen molar-refractivity contribution in [1.29, 1.82) is 0 Å². The summed E-state index contributed by atoms with van der Waals surface area (Å²) >= 11 is 0. The lowest BCUT2D eigenvalue weighted by Crippen LogP contribution is -2.44. The fourth-order valence-corrected chi connectivity index (χ4v) is 3.18. The number of hydrogen-bond acceptors (Lipinski definition) is 4. The van der Waals surface area contributed by atoms with E-state index in [9.17, 15) is 4.39 Å². The summed E-state index contributed by atoms with van der Waals surface area (Å²) in [5.41, 5.74) is 0.986. The molecule has 1 unspecified atom stereocenters. The molecule has 116 valence electrons. The first-order chi connectivity index (χ1) is 10.3. The number of morpholine rings is 1. The highest BCUT2D eigenvalue weighted by Gasteiger charge is 2.28. The Kier molecular flexibility index (Phi) is 5.06. The molecule has 0 aliphatic carbocycles. The van der Waals surface area contributed by atoms with Gasteiger partial charge in [-0.15, -0.1) is 0 Å². The van der Waals surface area contributed by atoms with Crippen molar-refractivity contribution in [3.05, 3.63) is 30.1 Å². The molecule has 1 aromatic carbocycles. The summed E-state index contributed by atoms with van der Waals surface area (Å²) in [7, 11) is 0. The predicted molar refractivity (Wildman–Crippen MR) is 82.1 cm³/mol. The number of ether oxygens (including phenoxy) is 1. The first kappa shape index (κ1) is 14.8. The lowest BCUT2D eigenvalue weighted by molar-refractivity contribution is 0.0186. The van der Waals surface area contributed by atoms with Gasteiger partial charge in [-0.2, -0.15) is 0 Å². The van der Waals surface area contributed by atoms with Gasteiger partial charge in [0.25, 0.3) is 0 Å². The van der Waals surface area contributed by atoms with Crippen molar-refractivity contribution in [2.45, 2.75) is 12.5 Å². The monoisotopic (exact) mass is 293 g/mol. The zero-order valence-corrected chi connectivity index (χ0v) is 12.4. The summed E-state index contributed by atoms with van der Waals surface area (Å²) in [6.07, 6.45) is 1.26. The van der Waals surface area contributed by atoms with Crippen LogP contribution in [0.15, 0.2) is 24.3 Å². The van der Waals surface area contributed by atoms with Crippen LogP contribution in [-0.2, 0) is 4.74 Å². The fraction of sp³-hybridized carbons (Fsp3) is 0.625. The molecular formula is C16H24FN3O. The molecule has 2 fully saturated rings. The second kappa shape index (κ2) is 7.20. The van der Waals surface area contributed by atoms with Crippen LogP contribution in [0, 0.1) is 5.82 Å². The van der Waals surface area contributed by atoms with Gasteiger partial charge in [0, 0.05) is 44.5 Å². The van der Waals surface area contributed by atoms with Gasteiger partial charge in [0.1, 0.15) is 5.82 Å². The van der Waals surface area contributed by atoms with Crippen molar-refractivity contribution in [3.63, 3.8) is 0 Å². The summed E-state index contributed by atoms with van der Waals surface area (Å²) in [6.45, 7) is 8.18. The van der Waals surface area contributed by atoms with Crippen LogP contribution in [0.4, 0.5) is 10.1 Å². The Morgan fingerprint density at radius 2 is 1.90 bits per heavy atom. The average Bonchev–Trinajstić information content (AvgIpc) is 2.99. The highest BCUT2D eigenvalue weighted by atomic mass is 19.1. The largest absolute Gasteiger partial charge is 0.384 e. The van der Waals surface area contributed by atoms with Crippen molar-refractivity contribution in [2.75, 3.05) is 57.8 Å². The van der Waals surface area contributed by atoms with E-state index in [1.54, 1.807) is 12.1 Å². The van der Waals surface area contributed by atoms with E-state index in [0.717, 1.165) is 51.6 Å². The average molecular weight is 293 g/mol. The Balaban J connectivity index is 1.37. The lowest BCUT2D eigenvalue weighted by Gasteiger charge is -2.32. The second-order valence-corrected chi connectivity index (χ2v) is 5.83. The van der Waals surface area contributed by atoms with Gasteiger partial charge >= 0.3 is 0 Å². The number of hydrogen-bond donors (Lipinski definition) is 1. The normalized spacial score (nSPS) is 24.3. The van der Waals surface area contributed by atoms with Crippen molar-refractivity contribution in [3.8, 4) is 0 Å². The summed E-state index contributed by atoms with van der Waals surface area (Å²) < 4.78 is 18.2. The quantitative estimate of drug-likeness (QED) is 0.893. The number of benzene rings is 1. The molecule has 3 rings (SSSR count). The summed E-state index contributed by atoms with van der Waals surface area (Å²) in [6, 6.07) is 7.25. The number of rotatable bonds is 5. The smallest absolute Gasteiger partial charge is 0.123 e. The van der Waals surface area contributed by atoms with Crippen LogP contribution in [0.5, 0.6) is 0 Å². The van der Waals surface area contributed by atoms with Crippen LogP contribution in [0.1, 0.15) is 6.42 Å². The Hall–Kier alpha value is -1.17. The van der Waals surface area contributed by atoms with Gasteiger partial charge < -0.3 is 10.1 Å². The third kappa shape index (κ3) is 4.15. The van der Waals surface area contributed by atoms with Gasteiger partial charge in [0.2, 0.25) is 0 Å². The van der Waals surface area contributed by atoms with E-state index >= 15 is 0 Å². The lowest BCUT2D eigenvalue weighted by atomic mass is 10.2. The van der Waals surface area contributed by atoms with Crippen LogP contribution in [0.2, 0.25) is 0 Å². The van der Waals surface area contributed by atoms with E-state index < -0.39 is 0 Å². The van der Waals surface area contributed by atoms with Crippen molar-refractivity contribution < 1.29 is 9.13 Å². The molecule has 0 saturated carbocycles. The molecule has 1 aromatic rings. The minimum Gasteiger partial charge on any atom is -0.384 e. The van der Waals surface area contributed by atoms with Gasteiger partial charge in [-0.3, -0.25) is 9.80 Å². The standard InChI is InChI=1S/C16H24FN3O/c17-14-1-3-15(4-2-14)18-6-8-19-7-5-16(13-19)20-9-11-21-12-10-20/h1-4,16,18H,5-13H2. The highest BCUT2D eigenvalue weighted by Crippen LogP contribution is 2.16. The molecule has 4 nitrogen and oxygen atoms in total. The van der Waals surface area contributed by atoms with Crippen LogP contribution < -0.4 is 5.32 Å². The molecule has 2 saturated heterocycles. The fourth-order valence-electron chi connectivity index (χ4n) is 3.18. The van der Waals surface area contributed by atoms with Gasteiger partial charge in [0.15, 0.2) is 0 Å². The summed E-state index contributed by atoms with van der Waals surface area (Å²) in [5, 5.41) is 3.35. The molecular weight excluding hydrogens is 269 g/mol. The first-order valence-electron chi connectivity index (χ1n) is 7.85. The topological polar surface area (TPSA) is 27.7 Å². The number of nitrogens with one attached hydrogen (secondary N) is 1. The van der Waals surface area contributed by atoms with Crippen LogP contribution in [0.25, 0.3) is 0 Å². The van der Waals surface area contributed by atoms with Crippen LogP contribution >= 0.6 is 0 Å². The minimum atomic E-state index is -0.187. The summed E-state index contributed by atoms with van der Waals surface area (Å²) in [4.78, 5) is 5.08. The van der Waals surface area contributed by atoms with Crippen LogP contribution in [-0.4, -0.2) is 68.3 Å². The maximum absolute atomic E-state index is 12.8. The number of halogens is 1. The maximum atomic E-state index is 12.8. The van der Waals surface area contributed by atoms with Crippen LogP contribution in [0.3, 0.4) is 0 Å². The Labute approximate surface area is 125 Å². The van der Waals surface area contributed by atoms with E-state index in [0.29, 0.717) is 6.04 Å². The molecule has 2 heterocycles. The molecule has 2 aliphatic rings. The van der Waals surface area contributed by atoms with Gasteiger partial charge in [-0.1, -0.05) is 0 Å². The molecule has 0 bridgehead atoms. The summed E-state index contributed by atoms with van der Waals surface area (Å²) in [5.74, 6) is -0.187. The van der Waals surface area contributed by atoms with E-state index in [2.05, 4.69) is 15.1 Å². The highest BCUT2D eigenvalue weighted by molar-refractivity contribution is 5.42. The molecule has 0 spiro atoms. The molecule has 1 N–H and O–H groups in total. The SMILES string of the molecule is Fc1ccc(NCCN2CCC(N3CCOCC3)C2)cc1. The Bertz CT molecular complexity index is 434. The minimum absolute atomic E-state index is 0.187. The zero-order chi connectivity index (χ0) is 14.5. The maximum Gasteiger partial charge on any atom is 0.123 e. The van der Waals surface area contributed by atoms with Gasteiger partial charge in [-0.25, -0.2) is 4.39 Å². The third-order valence-electron chi connectivity index (χ3n) is 4.41. The second-order valence-electron chi connectivity index (χ2n) is 5.83. The van der Waals surface area contributed by atoms with Gasteiger partial charge in [-0.05, 0) is 37.2 Å².